The summed E-state index contributed by atoms with van der Waals surface area (Å²) < 4.78 is 12.6. The SMILES string of the molecule is CCc1nncn1CCNC(=NCc1ccc(OC)cc1)NCc1ccco1.I. The lowest BCUT2D eigenvalue weighted by Gasteiger charge is -2.13. The zero-order valence-corrected chi connectivity index (χ0v) is 19.0. The second kappa shape index (κ2) is 12.1. The van der Waals surface area contributed by atoms with Gasteiger partial charge in [-0.25, -0.2) is 4.99 Å². The molecule has 0 aliphatic heterocycles. The summed E-state index contributed by atoms with van der Waals surface area (Å²) >= 11 is 0. The highest BCUT2D eigenvalue weighted by Gasteiger charge is 2.04. The Morgan fingerprint density at radius 1 is 1.21 bits per heavy atom. The van der Waals surface area contributed by atoms with E-state index in [0.29, 0.717) is 19.6 Å². The van der Waals surface area contributed by atoms with Crippen molar-refractivity contribution in [2.24, 2.45) is 4.99 Å². The van der Waals surface area contributed by atoms with Crippen LogP contribution in [0, 0.1) is 0 Å². The van der Waals surface area contributed by atoms with E-state index < -0.39 is 0 Å². The molecule has 0 aliphatic rings. The Bertz CT molecular complexity index is 861. The number of furan rings is 1. The maximum atomic E-state index is 5.39. The van der Waals surface area contributed by atoms with Crippen molar-refractivity contribution in [3.63, 3.8) is 0 Å². The standard InChI is InChI=1S/C20H26N6O2.HI/c1-3-19-25-24-15-26(19)11-10-21-20(23-14-18-5-4-12-28-18)22-13-16-6-8-17(27-2)9-7-16;/h4-9,12,15H,3,10-11,13-14H2,1-2H3,(H2,21,22,23);1H. The number of nitrogens with zero attached hydrogens (tertiary/aromatic N) is 4. The third kappa shape index (κ3) is 7.08. The van der Waals surface area contributed by atoms with Gasteiger partial charge in [0.05, 0.1) is 26.5 Å². The van der Waals surface area contributed by atoms with Crippen LogP contribution >= 0.6 is 24.0 Å². The van der Waals surface area contributed by atoms with E-state index in [4.69, 9.17) is 9.15 Å². The fourth-order valence-electron chi connectivity index (χ4n) is 2.69. The van der Waals surface area contributed by atoms with Crippen molar-refractivity contribution in [1.82, 2.24) is 25.4 Å². The van der Waals surface area contributed by atoms with Crippen molar-refractivity contribution in [3.05, 3.63) is 66.1 Å². The summed E-state index contributed by atoms with van der Waals surface area (Å²) in [6.45, 7) is 4.66. The summed E-state index contributed by atoms with van der Waals surface area (Å²) in [5, 5.41) is 14.7. The highest BCUT2D eigenvalue weighted by atomic mass is 127. The van der Waals surface area contributed by atoms with Gasteiger partial charge in [-0.2, -0.15) is 0 Å². The first-order valence-corrected chi connectivity index (χ1v) is 9.32. The van der Waals surface area contributed by atoms with Gasteiger partial charge in [0.15, 0.2) is 5.96 Å². The maximum Gasteiger partial charge on any atom is 0.192 e. The molecule has 2 heterocycles. The summed E-state index contributed by atoms with van der Waals surface area (Å²) in [5.41, 5.74) is 1.10. The largest absolute Gasteiger partial charge is 0.497 e. The fourth-order valence-corrected chi connectivity index (χ4v) is 2.69. The maximum absolute atomic E-state index is 5.39. The molecule has 0 saturated carbocycles. The van der Waals surface area contributed by atoms with Gasteiger partial charge in [-0.1, -0.05) is 19.1 Å². The van der Waals surface area contributed by atoms with Gasteiger partial charge in [-0.3, -0.25) is 0 Å². The molecule has 3 rings (SSSR count). The third-order valence-electron chi connectivity index (χ3n) is 4.25. The summed E-state index contributed by atoms with van der Waals surface area (Å²) in [7, 11) is 1.66. The van der Waals surface area contributed by atoms with E-state index in [1.54, 1.807) is 19.7 Å². The van der Waals surface area contributed by atoms with Crippen LogP contribution in [-0.2, 0) is 26.1 Å². The summed E-state index contributed by atoms with van der Waals surface area (Å²) in [4.78, 5) is 4.68. The molecule has 0 unspecified atom stereocenters. The Balaban J connectivity index is 0.00000300. The minimum absolute atomic E-state index is 0. The smallest absolute Gasteiger partial charge is 0.192 e. The lowest BCUT2D eigenvalue weighted by molar-refractivity contribution is 0.414. The minimum atomic E-state index is 0. The van der Waals surface area contributed by atoms with Crippen molar-refractivity contribution in [2.45, 2.75) is 33.0 Å². The number of aliphatic imine (C=N–C) groups is 1. The molecule has 8 nitrogen and oxygen atoms in total. The van der Waals surface area contributed by atoms with Gasteiger partial charge in [-0.15, -0.1) is 34.2 Å². The molecular weight excluding hydrogens is 483 g/mol. The number of rotatable bonds is 9. The lowest BCUT2D eigenvalue weighted by atomic mass is 10.2. The van der Waals surface area contributed by atoms with E-state index in [1.165, 1.54) is 0 Å². The lowest BCUT2D eigenvalue weighted by Crippen LogP contribution is -2.38. The van der Waals surface area contributed by atoms with Crippen LogP contribution in [0.25, 0.3) is 0 Å². The number of methoxy groups -OCH3 is 1. The topological polar surface area (TPSA) is 89.5 Å². The van der Waals surface area contributed by atoms with Crippen LogP contribution in [-0.4, -0.2) is 34.4 Å². The molecule has 29 heavy (non-hydrogen) atoms. The van der Waals surface area contributed by atoms with Crippen molar-refractivity contribution in [1.29, 1.82) is 0 Å². The van der Waals surface area contributed by atoms with E-state index in [1.807, 2.05) is 41.0 Å². The van der Waals surface area contributed by atoms with Gasteiger partial charge in [0, 0.05) is 19.5 Å². The van der Waals surface area contributed by atoms with Gasteiger partial charge < -0.3 is 24.4 Å². The number of benzene rings is 1. The predicted molar refractivity (Wildman–Crippen MR) is 122 cm³/mol. The first kappa shape index (κ1) is 22.7. The molecule has 0 fully saturated rings. The first-order chi connectivity index (χ1) is 13.8. The van der Waals surface area contributed by atoms with Gasteiger partial charge in [-0.05, 0) is 29.8 Å². The molecule has 0 aliphatic carbocycles. The molecule has 156 valence electrons. The van der Waals surface area contributed by atoms with Crippen molar-refractivity contribution in [2.75, 3.05) is 13.7 Å². The highest BCUT2D eigenvalue weighted by Crippen LogP contribution is 2.11. The molecule has 1 aromatic carbocycles. The average molecular weight is 510 g/mol. The van der Waals surface area contributed by atoms with Crippen LogP contribution in [0.4, 0.5) is 0 Å². The third-order valence-corrected chi connectivity index (χ3v) is 4.25. The average Bonchev–Trinajstić information content (AvgIpc) is 3.41. The number of hydrogen-bond acceptors (Lipinski definition) is 5. The zero-order valence-electron chi connectivity index (χ0n) is 16.7. The fraction of sp³-hybridized carbons (Fsp3) is 0.350. The Hall–Kier alpha value is -2.56. The van der Waals surface area contributed by atoms with Gasteiger partial charge in [0.1, 0.15) is 23.7 Å². The van der Waals surface area contributed by atoms with Gasteiger partial charge in [0.25, 0.3) is 0 Å². The van der Waals surface area contributed by atoms with E-state index >= 15 is 0 Å². The van der Waals surface area contributed by atoms with Crippen LogP contribution in [0.3, 0.4) is 0 Å². The van der Waals surface area contributed by atoms with Crippen molar-refractivity contribution >= 4 is 29.9 Å². The normalized spacial score (nSPS) is 11.0. The molecular formula is C20H27IN6O2. The van der Waals surface area contributed by atoms with Crippen LogP contribution in [0.1, 0.15) is 24.1 Å². The number of aromatic nitrogens is 3. The molecule has 0 saturated heterocycles. The number of halogens is 1. The monoisotopic (exact) mass is 510 g/mol. The van der Waals surface area contributed by atoms with Crippen molar-refractivity contribution < 1.29 is 9.15 Å². The summed E-state index contributed by atoms with van der Waals surface area (Å²) in [5.74, 6) is 3.38. The van der Waals surface area contributed by atoms with Crippen LogP contribution < -0.4 is 15.4 Å². The molecule has 3 aromatic rings. The second-order valence-corrected chi connectivity index (χ2v) is 6.17. The summed E-state index contributed by atoms with van der Waals surface area (Å²) in [6, 6.07) is 11.7. The number of guanidine groups is 1. The molecule has 0 bridgehead atoms. The first-order valence-electron chi connectivity index (χ1n) is 9.32. The number of aryl methyl sites for hydroxylation is 1. The number of hydrogen-bond donors (Lipinski definition) is 2. The van der Waals surface area contributed by atoms with Gasteiger partial charge >= 0.3 is 0 Å². The molecule has 9 heteroatoms. The molecule has 0 atom stereocenters. The molecule has 2 N–H and O–H groups in total. The van der Waals surface area contributed by atoms with Crippen LogP contribution in [0.2, 0.25) is 0 Å². The number of nitrogens with one attached hydrogen (secondary N) is 2. The van der Waals surface area contributed by atoms with Crippen LogP contribution in [0.15, 0.2) is 58.4 Å². The Morgan fingerprint density at radius 2 is 2.03 bits per heavy atom. The van der Waals surface area contributed by atoms with Crippen LogP contribution in [0.5, 0.6) is 5.75 Å². The Kier molecular flexibility index (Phi) is 9.48. The zero-order chi connectivity index (χ0) is 19.6. The quantitative estimate of drug-likeness (QED) is 0.262. The molecule has 0 spiro atoms. The van der Waals surface area contributed by atoms with E-state index in [2.05, 4.69) is 32.7 Å². The highest BCUT2D eigenvalue weighted by molar-refractivity contribution is 14.0. The summed E-state index contributed by atoms with van der Waals surface area (Å²) in [6.07, 6.45) is 4.27. The Labute approximate surface area is 187 Å². The van der Waals surface area contributed by atoms with E-state index in [-0.39, 0.29) is 24.0 Å². The molecule has 0 amide bonds. The predicted octanol–water partition coefficient (Wildman–Crippen LogP) is 3.00. The number of ether oxygens (including phenoxy) is 1. The van der Waals surface area contributed by atoms with Crippen molar-refractivity contribution in [3.8, 4) is 5.75 Å². The van der Waals surface area contributed by atoms with Gasteiger partial charge in [0.2, 0.25) is 0 Å². The molecule has 0 radical (unpaired) electrons. The van der Waals surface area contributed by atoms with E-state index in [9.17, 15) is 0 Å². The van der Waals surface area contributed by atoms with E-state index in [0.717, 1.165) is 41.8 Å². The Morgan fingerprint density at radius 3 is 2.72 bits per heavy atom. The second-order valence-electron chi connectivity index (χ2n) is 6.17. The molecule has 2 aromatic heterocycles. The minimum Gasteiger partial charge on any atom is -0.497 e.